The van der Waals surface area contributed by atoms with Crippen molar-refractivity contribution in [1.82, 2.24) is 10.6 Å². The highest BCUT2D eigenvalue weighted by Gasteiger charge is 2.12. The molecule has 0 spiro atoms. The third-order valence-electron chi connectivity index (χ3n) is 3.66. The summed E-state index contributed by atoms with van der Waals surface area (Å²) in [6, 6.07) is 7.78. The van der Waals surface area contributed by atoms with Gasteiger partial charge in [0.1, 0.15) is 11.6 Å². The van der Waals surface area contributed by atoms with E-state index in [9.17, 15) is 17.6 Å². The van der Waals surface area contributed by atoms with Gasteiger partial charge >= 0.3 is 6.61 Å². The number of alkyl halides is 2. The van der Waals surface area contributed by atoms with E-state index in [1.54, 1.807) is 19.1 Å². The summed E-state index contributed by atoms with van der Waals surface area (Å²) in [4.78, 5) is 4.01. The maximum absolute atomic E-state index is 13.7. The summed E-state index contributed by atoms with van der Waals surface area (Å²) in [5.41, 5.74) is 0.889. The Kier molecular flexibility index (Phi) is 10.6. The Morgan fingerprint density at radius 3 is 2.41 bits per heavy atom. The summed E-state index contributed by atoms with van der Waals surface area (Å²) >= 11 is 0. The Morgan fingerprint density at radius 2 is 1.76 bits per heavy atom. The highest BCUT2D eigenvalue weighted by molar-refractivity contribution is 14.0. The summed E-state index contributed by atoms with van der Waals surface area (Å²) in [5, 5.41) is 5.88. The SMILES string of the molecule is CCOc1cc(CNC(=NC)NCc2cc(F)ccc2F)ccc1OC(F)F.I. The first-order chi connectivity index (χ1) is 13.4. The number of rotatable bonds is 8. The molecule has 0 radical (unpaired) electrons. The molecule has 0 atom stereocenters. The smallest absolute Gasteiger partial charge is 0.387 e. The number of halogens is 5. The number of ether oxygens (including phenoxy) is 2. The van der Waals surface area contributed by atoms with Crippen LogP contribution in [0.2, 0.25) is 0 Å². The number of nitrogens with zero attached hydrogens (tertiary/aromatic N) is 1. The van der Waals surface area contributed by atoms with E-state index < -0.39 is 18.2 Å². The topological polar surface area (TPSA) is 54.9 Å². The second kappa shape index (κ2) is 12.3. The van der Waals surface area contributed by atoms with Crippen LogP contribution in [0.4, 0.5) is 17.6 Å². The second-order valence-electron chi connectivity index (χ2n) is 5.61. The molecule has 0 aliphatic heterocycles. The molecule has 5 nitrogen and oxygen atoms in total. The molecule has 29 heavy (non-hydrogen) atoms. The molecule has 2 N–H and O–H groups in total. The van der Waals surface area contributed by atoms with Crippen molar-refractivity contribution >= 4 is 29.9 Å². The fourth-order valence-corrected chi connectivity index (χ4v) is 2.39. The Hall–Kier alpha value is -2.24. The molecule has 2 rings (SSSR count). The van der Waals surface area contributed by atoms with Crippen LogP contribution in [0.5, 0.6) is 11.5 Å². The molecular weight excluding hydrogens is 505 g/mol. The van der Waals surface area contributed by atoms with E-state index in [0.717, 1.165) is 23.8 Å². The molecule has 0 fully saturated rings. The van der Waals surface area contributed by atoms with Gasteiger partial charge in [-0.2, -0.15) is 8.78 Å². The van der Waals surface area contributed by atoms with Crippen molar-refractivity contribution in [3.8, 4) is 11.5 Å². The third-order valence-corrected chi connectivity index (χ3v) is 3.66. The van der Waals surface area contributed by atoms with Crippen LogP contribution in [0.3, 0.4) is 0 Å². The lowest BCUT2D eigenvalue weighted by molar-refractivity contribution is -0.0514. The predicted octanol–water partition coefficient (Wildman–Crippen LogP) is 4.45. The van der Waals surface area contributed by atoms with Crippen LogP contribution in [-0.2, 0) is 13.1 Å². The van der Waals surface area contributed by atoms with Gasteiger partial charge in [-0.3, -0.25) is 4.99 Å². The highest BCUT2D eigenvalue weighted by atomic mass is 127. The maximum atomic E-state index is 13.7. The van der Waals surface area contributed by atoms with Gasteiger partial charge < -0.3 is 20.1 Å². The van der Waals surface area contributed by atoms with Crippen molar-refractivity contribution < 1.29 is 27.0 Å². The van der Waals surface area contributed by atoms with E-state index in [-0.39, 0.29) is 47.6 Å². The van der Waals surface area contributed by atoms with Crippen LogP contribution in [-0.4, -0.2) is 26.2 Å². The van der Waals surface area contributed by atoms with Gasteiger partial charge in [-0.1, -0.05) is 6.07 Å². The van der Waals surface area contributed by atoms with Gasteiger partial charge in [0, 0.05) is 25.7 Å². The van der Waals surface area contributed by atoms with E-state index in [1.165, 1.54) is 13.1 Å². The second-order valence-corrected chi connectivity index (χ2v) is 5.61. The van der Waals surface area contributed by atoms with Crippen LogP contribution in [0.25, 0.3) is 0 Å². The Morgan fingerprint density at radius 1 is 1.03 bits per heavy atom. The molecular formula is C19H22F4IN3O2. The summed E-state index contributed by atoms with van der Waals surface area (Å²) in [5.74, 6) is -0.554. The molecule has 2 aromatic rings. The van der Waals surface area contributed by atoms with Gasteiger partial charge in [0.15, 0.2) is 17.5 Å². The van der Waals surface area contributed by atoms with Crippen molar-refractivity contribution in [3.05, 3.63) is 59.2 Å². The molecule has 0 saturated heterocycles. The number of hydrogen-bond acceptors (Lipinski definition) is 3. The Bertz CT molecular complexity index is 822. The number of benzene rings is 2. The number of nitrogens with one attached hydrogen (secondary N) is 2. The number of guanidine groups is 1. The van der Waals surface area contributed by atoms with E-state index in [4.69, 9.17) is 4.74 Å². The molecule has 0 unspecified atom stereocenters. The van der Waals surface area contributed by atoms with Gasteiger partial charge in [0.05, 0.1) is 6.61 Å². The Balaban J connectivity index is 0.00000420. The first-order valence-corrected chi connectivity index (χ1v) is 8.52. The molecule has 0 aromatic heterocycles. The minimum Gasteiger partial charge on any atom is -0.490 e. The molecule has 0 saturated carbocycles. The van der Waals surface area contributed by atoms with Crippen LogP contribution < -0.4 is 20.1 Å². The molecule has 0 aliphatic rings. The van der Waals surface area contributed by atoms with Crippen LogP contribution in [0.15, 0.2) is 41.4 Å². The summed E-state index contributed by atoms with van der Waals surface area (Å²) in [6.45, 7) is -0.600. The van der Waals surface area contributed by atoms with Gasteiger partial charge in [-0.15, -0.1) is 24.0 Å². The Labute approximate surface area is 183 Å². The van der Waals surface area contributed by atoms with E-state index in [2.05, 4.69) is 20.4 Å². The van der Waals surface area contributed by atoms with Crippen LogP contribution >= 0.6 is 24.0 Å². The number of aliphatic imine (C=N–C) groups is 1. The molecule has 10 heteroatoms. The molecule has 0 heterocycles. The summed E-state index contributed by atoms with van der Waals surface area (Å²) in [6.07, 6.45) is 0. The average Bonchev–Trinajstić information content (AvgIpc) is 2.66. The van der Waals surface area contributed by atoms with Gasteiger partial charge in [-0.25, -0.2) is 8.78 Å². The standard InChI is InChI=1S/C19H21F4N3O2.HI/c1-3-27-17-8-12(4-7-16(17)28-18(22)23)10-25-19(24-2)26-11-13-9-14(20)5-6-15(13)21;/h4-9,18H,3,10-11H2,1-2H3,(H2,24,25,26);1H. The van der Waals surface area contributed by atoms with E-state index >= 15 is 0 Å². The lowest BCUT2D eigenvalue weighted by Crippen LogP contribution is -2.36. The molecule has 0 aliphatic carbocycles. The van der Waals surface area contributed by atoms with Crippen LogP contribution in [0, 0.1) is 11.6 Å². The van der Waals surface area contributed by atoms with Crippen molar-refractivity contribution in [2.24, 2.45) is 4.99 Å². The first kappa shape index (κ1) is 24.8. The molecule has 160 valence electrons. The zero-order chi connectivity index (χ0) is 20.5. The van der Waals surface area contributed by atoms with Gasteiger partial charge in [0.25, 0.3) is 0 Å². The van der Waals surface area contributed by atoms with Crippen molar-refractivity contribution in [2.45, 2.75) is 26.6 Å². The first-order valence-electron chi connectivity index (χ1n) is 8.52. The fourth-order valence-electron chi connectivity index (χ4n) is 2.39. The zero-order valence-corrected chi connectivity index (χ0v) is 18.2. The van der Waals surface area contributed by atoms with Crippen molar-refractivity contribution in [2.75, 3.05) is 13.7 Å². The van der Waals surface area contributed by atoms with Gasteiger partial charge in [0.2, 0.25) is 0 Å². The molecule has 0 bridgehead atoms. The summed E-state index contributed by atoms with van der Waals surface area (Å²) < 4.78 is 61.6. The predicted molar refractivity (Wildman–Crippen MR) is 113 cm³/mol. The lowest BCUT2D eigenvalue weighted by atomic mass is 10.2. The van der Waals surface area contributed by atoms with E-state index in [0.29, 0.717) is 19.1 Å². The number of hydrogen-bond donors (Lipinski definition) is 2. The third kappa shape index (κ3) is 7.95. The van der Waals surface area contributed by atoms with Crippen LogP contribution in [0.1, 0.15) is 18.1 Å². The van der Waals surface area contributed by atoms with Crippen molar-refractivity contribution in [1.29, 1.82) is 0 Å². The minimum atomic E-state index is -2.95. The van der Waals surface area contributed by atoms with E-state index in [1.807, 2.05) is 0 Å². The maximum Gasteiger partial charge on any atom is 0.387 e. The zero-order valence-electron chi connectivity index (χ0n) is 15.8. The van der Waals surface area contributed by atoms with Crippen molar-refractivity contribution in [3.63, 3.8) is 0 Å². The average molecular weight is 527 g/mol. The largest absolute Gasteiger partial charge is 0.490 e. The van der Waals surface area contributed by atoms with Gasteiger partial charge in [-0.05, 0) is 42.8 Å². The highest BCUT2D eigenvalue weighted by Crippen LogP contribution is 2.29. The quantitative estimate of drug-likeness (QED) is 0.231. The molecule has 2 aromatic carbocycles. The molecule has 0 amide bonds. The monoisotopic (exact) mass is 527 g/mol. The summed E-state index contributed by atoms with van der Waals surface area (Å²) in [7, 11) is 1.53. The lowest BCUT2D eigenvalue weighted by Gasteiger charge is -2.15. The fraction of sp³-hybridized carbons (Fsp3) is 0.316. The minimum absolute atomic E-state index is 0. The normalized spacial score (nSPS) is 11.1.